The van der Waals surface area contributed by atoms with Crippen LogP contribution in [0.25, 0.3) is 0 Å². The van der Waals surface area contributed by atoms with Gasteiger partial charge in [0.1, 0.15) is 0 Å². The molecule has 5 heteroatoms. The van der Waals surface area contributed by atoms with Gasteiger partial charge in [-0.05, 0) is 19.4 Å². The molecule has 1 unspecified atom stereocenters. The molecule has 0 aliphatic heterocycles. The Labute approximate surface area is 83.7 Å². The second-order valence-electron chi connectivity index (χ2n) is 3.27. The van der Waals surface area contributed by atoms with Crippen molar-refractivity contribution in [2.75, 3.05) is 13.1 Å². The zero-order valence-corrected chi connectivity index (χ0v) is 8.45. The van der Waals surface area contributed by atoms with Crippen molar-refractivity contribution in [3.63, 3.8) is 0 Å². The first-order chi connectivity index (χ1) is 6.57. The lowest BCUT2D eigenvalue weighted by atomic mass is 10.1. The number of carbonyl (C=O) groups is 2. The third-order valence-electron chi connectivity index (χ3n) is 1.91. The molecule has 0 aromatic carbocycles. The number of hydrogen-bond donors (Lipinski definition) is 3. The number of aliphatic carboxylic acids is 1. The monoisotopic (exact) mass is 202 g/mol. The molecule has 14 heavy (non-hydrogen) atoms. The van der Waals surface area contributed by atoms with E-state index in [0.717, 1.165) is 0 Å². The van der Waals surface area contributed by atoms with E-state index >= 15 is 0 Å². The van der Waals surface area contributed by atoms with Crippen LogP contribution in [0.5, 0.6) is 0 Å². The molecule has 0 spiro atoms. The van der Waals surface area contributed by atoms with Gasteiger partial charge in [-0.25, -0.2) is 0 Å². The van der Waals surface area contributed by atoms with E-state index in [1.54, 1.807) is 6.92 Å². The Morgan fingerprint density at radius 1 is 1.50 bits per heavy atom. The zero-order valence-electron chi connectivity index (χ0n) is 8.45. The molecular formula is C9H18N2O3. The second-order valence-corrected chi connectivity index (χ2v) is 3.27. The molecule has 0 fully saturated rings. The lowest BCUT2D eigenvalue weighted by Gasteiger charge is -2.10. The van der Waals surface area contributed by atoms with E-state index in [2.05, 4.69) is 5.32 Å². The maximum Gasteiger partial charge on any atom is 0.303 e. The molecular weight excluding hydrogens is 184 g/mol. The maximum absolute atomic E-state index is 11.3. The van der Waals surface area contributed by atoms with Crippen LogP contribution in [0.3, 0.4) is 0 Å². The van der Waals surface area contributed by atoms with Gasteiger partial charge >= 0.3 is 5.97 Å². The van der Waals surface area contributed by atoms with E-state index in [9.17, 15) is 9.59 Å². The molecule has 0 saturated heterocycles. The van der Waals surface area contributed by atoms with Gasteiger partial charge < -0.3 is 16.2 Å². The van der Waals surface area contributed by atoms with Crippen LogP contribution in [-0.4, -0.2) is 30.1 Å². The average molecular weight is 202 g/mol. The van der Waals surface area contributed by atoms with E-state index in [1.807, 2.05) is 0 Å². The SMILES string of the molecule is CC(CCN)C(=O)NCCCC(=O)O. The molecule has 4 N–H and O–H groups in total. The lowest BCUT2D eigenvalue weighted by Crippen LogP contribution is -2.31. The van der Waals surface area contributed by atoms with Crippen LogP contribution in [0.4, 0.5) is 0 Å². The third kappa shape index (κ3) is 6.42. The summed E-state index contributed by atoms with van der Waals surface area (Å²) < 4.78 is 0. The highest BCUT2D eigenvalue weighted by Gasteiger charge is 2.10. The minimum absolute atomic E-state index is 0.0548. The van der Waals surface area contributed by atoms with Crippen LogP contribution >= 0.6 is 0 Å². The summed E-state index contributed by atoms with van der Waals surface area (Å²) in [7, 11) is 0. The minimum atomic E-state index is -0.839. The van der Waals surface area contributed by atoms with Gasteiger partial charge in [0.2, 0.25) is 5.91 Å². The van der Waals surface area contributed by atoms with Crippen molar-refractivity contribution in [1.29, 1.82) is 0 Å². The van der Waals surface area contributed by atoms with E-state index in [0.29, 0.717) is 25.9 Å². The van der Waals surface area contributed by atoms with Crippen LogP contribution in [0.1, 0.15) is 26.2 Å². The minimum Gasteiger partial charge on any atom is -0.481 e. The molecule has 0 saturated carbocycles. The Balaban J connectivity index is 3.48. The summed E-state index contributed by atoms with van der Waals surface area (Å²) in [6.45, 7) is 2.71. The van der Waals surface area contributed by atoms with Gasteiger partial charge in [-0.2, -0.15) is 0 Å². The number of amides is 1. The highest BCUT2D eigenvalue weighted by molar-refractivity contribution is 5.78. The topological polar surface area (TPSA) is 92.4 Å². The molecule has 0 aliphatic carbocycles. The average Bonchev–Trinajstić information content (AvgIpc) is 2.12. The van der Waals surface area contributed by atoms with E-state index in [1.165, 1.54) is 0 Å². The van der Waals surface area contributed by atoms with Crippen LogP contribution in [-0.2, 0) is 9.59 Å². The number of carboxylic acid groups (broad SMARTS) is 1. The van der Waals surface area contributed by atoms with Gasteiger partial charge in [-0.1, -0.05) is 6.92 Å². The number of nitrogens with two attached hydrogens (primary N) is 1. The third-order valence-corrected chi connectivity index (χ3v) is 1.91. The fourth-order valence-corrected chi connectivity index (χ4v) is 1.01. The van der Waals surface area contributed by atoms with Crippen LogP contribution in [0.2, 0.25) is 0 Å². The molecule has 0 radical (unpaired) electrons. The summed E-state index contributed by atoms with van der Waals surface area (Å²) >= 11 is 0. The Kier molecular flexibility index (Phi) is 6.74. The number of hydrogen-bond acceptors (Lipinski definition) is 3. The molecule has 0 aromatic heterocycles. The highest BCUT2D eigenvalue weighted by atomic mass is 16.4. The Morgan fingerprint density at radius 2 is 2.14 bits per heavy atom. The summed E-state index contributed by atoms with van der Waals surface area (Å²) in [4.78, 5) is 21.4. The highest BCUT2D eigenvalue weighted by Crippen LogP contribution is 1.99. The Hall–Kier alpha value is -1.10. The first-order valence-corrected chi connectivity index (χ1v) is 4.77. The molecule has 5 nitrogen and oxygen atoms in total. The van der Waals surface area contributed by atoms with E-state index in [-0.39, 0.29) is 18.2 Å². The van der Waals surface area contributed by atoms with Crippen molar-refractivity contribution in [1.82, 2.24) is 5.32 Å². The number of rotatable bonds is 7. The number of carbonyl (C=O) groups excluding carboxylic acids is 1. The van der Waals surface area contributed by atoms with Crippen molar-refractivity contribution in [2.24, 2.45) is 11.7 Å². The van der Waals surface area contributed by atoms with Crippen molar-refractivity contribution in [3.05, 3.63) is 0 Å². The molecule has 0 bridgehead atoms. The zero-order chi connectivity index (χ0) is 11.0. The van der Waals surface area contributed by atoms with Gasteiger partial charge in [-0.15, -0.1) is 0 Å². The van der Waals surface area contributed by atoms with Gasteiger partial charge in [-0.3, -0.25) is 9.59 Å². The van der Waals surface area contributed by atoms with Crippen molar-refractivity contribution >= 4 is 11.9 Å². The smallest absolute Gasteiger partial charge is 0.303 e. The van der Waals surface area contributed by atoms with Gasteiger partial charge in [0.15, 0.2) is 0 Å². The largest absolute Gasteiger partial charge is 0.481 e. The van der Waals surface area contributed by atoms with Crippen molar-refractivity contribution in [3.8, 4) is 0 Å². The predicted octanol–water partition coefficient (Wildman–Crippen LogP) is -0.0477. The van der Waals surface area contributed by atoms with Gasteiger partial charge in [0.05, 0.1) is 0 Å². The molecule has 1 atom stereocenters. The first-order valence-electron chi connectivity index (χ1n) is 4.77. The quantitative estimate of drug-likeness (QED) is 0.505. The molecule has 0 rings (SSSR count). The van der Waals surface area contributed by atoms with Crippen molar-refractivity contribution in [2.45, 2.75) is 26.2 Å². The summed E-state index contributed by atoms with van der Waals surface area (Å²) in [6.07, 6.45) is 1.22. The Morgan fingerprint density at radius 3 is 2.64 bits per heavy atom. The maximum atomic E-state index is 11.3. The molecule has 0 aromatic rings. The fraction of sp³-hybridized carbons (Fsp3) is 0.778. The van der Waals surface area contributed by atoms with E-state index < -0.39 is 5.97 Å². The number of carboxylic acids is 1. The van der Waals surface area contributed by atoms with Crippen molar-refractivity contribution < 1.29 is 14.7 Å². The summed E-state index contributed by atoms with van der Waals surface area (Å²) in [5.41, 5.74) is 5.30. The normalized spacial score (nSPS) is 12.1. The first kappa shape index (κ1) is 12.9. The summed E-state index contributed by atoms with van der Waals surface area (Å²) in [5, 5.41) is 11.0. The Bertz CT molecular complexity index is 194. The van der Waals surface area contributed by atoms with E-state index in [4.69, 9.17) is 10.8 Å². The molecule has 0 aliphatic rings. The molecule has 0 heterocycles. The lowest BCUT2D eigenvalue weighted by molar-refractivity contribution is -0.137. The van der Waals surface area contributed by atoms with Gasteiger partial charge in [0, 0.05) is 18.9 Å². The summed E-state index contributed by atoms with van der Waals surface area (Å²) in [6, 6.07) is 0. The van der Waals surface area contributed by atoms with Crippen LogP contribution < -0.4 is 11.1 Å². The number of nitrogens with one attached hydrogen (secondary N) is 1. The molecule has 1 amide bonds. The van der Waals surface area contributed by atoms with Crippen LogP contribution in [0, 0.1) is 5.92 Å². The fourth-order valence-electron chi connectivity index (χ4n) is 1.01. The molecule has 82 valence electrons. The standard InChI is InChI=1S/C9H18N2O3/c1-7(4-5-10)9(14)11-6-2-3-8(12)13/h7H,2-6,10H2,1H3,(H,11,14)(H,12,13). The van der Waals surface area contributed by atoms with Crippen LogP contribution in [0.15, 0.2) is 0 Å². The van der Waals surface area contributed by atoms with Gasteiger partial charge in [0.25, 0.3) is 0 Å². The second kappa shape index (κ2) is 7.32. The predicted molar refractivity (Wildman–Crippen MR) is 52.7 cm³/mol. The summed E-state index contributed by atoms with van der Waals surface area (Å²) in [5.74, 6) is -0.986.